The normalized spacial score (nSPS) is 18.8. The van der Waals surface area contributed by atoms with Crippen LogP contribution in [0.4, 0.5) is 18.0 Å². The van der Waals surface area contributed by atoms with Gasteiger partial charge in [0.25, 0.3) is 0 Å². The molecule has 1 aromatic carbocycles. The molecule has 0 unspecified atom stereocenters. The van der Waals surface area contributed by atoms with E-state index in [9.17, 15) is 18.0 Å². The Bertz CT molecular complexity index is 569. The number of carbonyl (C=O) groups is 1. The summed E-state index contributed by atoms with van der Waals surface area (Å²) in [6, 6.07) is 4.89. The summed E-state index contributed by atoms with van der Waals surface area (Å²) in [4.78, 5) is 12.1. The van der Waals surface area contributed by atoms with E-state index in [0.29, 0.717) is 19.4 Å². The van der Waals surface area contributed by atoms with Gasteiger partial charge in [0.2, 0.25) is 0 Å². The van der Waals surface area contributed by atoms with Crippen LogP contribution in [0.1, 0.15) is 38.3 Å². The molecule has 0 saturated carbocycles. The van der Waals surface area contributed by atoms with Gasteiger partial charge in [-0.05, 0) is 51.3 Å². The average molecular weight is 363 g/mol. The standard InChI is InChI=1S/C16H20F3NO3S/c1-15(2,3)23-14(21)20-13(10-22-24-20)9-6-11-4-7-12(8-5-11)16(17,18)19/h4-5,7-8,13H,6,9-10H2,1-3H3/t13-/m0/s1. The van der Waals surface area contributed by atoms with E-state index >= 15 is 0 Å². The third-order valence-corrected chi connectivity index (χ3v) is 4.20. The fourth-order valence-electron chi connectivity index (χ4n) is 2.17. The van der Waals surface area contributed by atoms with E-state index in [1.165, 1.54) is 16.4 Å². The van der Waals surface area contributed by atoms with Gasteiger partial charge in [-0.3, -0.25) is 4.18 Å². The van der Waals surface area contributed by atoms with Gasteiger partial charge in [-0.15, -0.1) is 0 Å². The number of nitrogens with zero attached hydrogens (tertiary/aromatic N) is 1. The second-order valence-corrected chi connectivity index (χ2v) is 7.33. The maximum Gasteiger partial charge on any atom is 0.422 e. The number of hydrogen-bond donors (Lipinski definition) is 0. The van der Waals surface area contributed by atoms with Crippen molar-refractivity contribution >= 4 is 18.3 Å². The number of ether oxygens (including phenoxy) is 1. The van der Waals surface area contributed by atoms with Gasteiger partial charge in [-0.1, -0.05) is 12.1 Å². The smallest absolute Gasteiger partial charge is 0.422 e. The van der Waals surface area contributed by atoms with Gasteiger partial charge in [-0.25, -0.2) is 9.10 Å². The minimum absolute atomic E-state index is 0.174. The Morgan fingerprint density at radius 3 is 2.46 bits per heavy atom. The molecular formula is C16H20F3NO3S. The van der Waals surface area contributed by atoms with Crippen LogP contribution >= 0.6 is 12.2 Å². The summed E-state index contributed by atoms with van der Waals surface area (Å²) in [6.07, 6.45) is -3.67. The summed E-state index contributed by atoms with van der Waals surface area (Å²) in [5, 5.41) is 0. The van der Waals surface area contributed by atoms with Crippen LogP contribution in [0, 0.1) is 0 Å². The summed E-state index contributed by atoms with van der Waals surface area (Å²) in [5.41, 5.74) is -0.483. The van der Waals surface area contributed by atoms with E-state index in [1.807, 2.05) is 0 Å². The van der Waals surface area contributed by atoms with E-state index in [4.69, 9.17) is 8.92 Å². The van der Waals surface area contributed by atoms with Crippen molar-refractivity contribution in [2.24, 2.45) is 0 Å². The lowest BCUT2D eigenvalue weighted by atomic mass is 10.0. The van der Waals surface area contributed by atoms with Crippen molar-refractivity contribution in [2.75, 3.05) is 6.61 Å². The summed E-state index contributed by atoms with van der Waals surface area (Å²) in [6.45, 7) is 5.71. The molecule has 134 valence electrons. The molecule has 1 saturated heterocycles. The molecular weight excluding hydrogens is 343 g/mol. The number of rotatable bonds is 3. The summed E-state index contributed by atoms with van der Waals surface area (Å²) >= 11 is 0.950. The molecule has 0 bridgehead atoms. The van der Waals surface area contributed by atoms with Crippen molar-refractivity contribution in [3.63, 3.8) is 0 Å². The minimum atomic E-state index is -4.33. The van der Waals surface area contributed by atoms with E-state index in [-0.39, 0.29) is 6.04 Å². The Hall–Kier alpha value is -1.41. The molecule has 0 spiro atoms. The number of amides is 1. The minimum Gasteiger partial charge on any atom is -0.443 e. The van der Waals surface area contributed by atoms with Crippen LogP contribution < -0.4 is 0 Å². The summed E-state index contributed by atoms with van der Waals surface area (Å²) in [7, 11) is 0. The SMILES string of the molecule is CC(C)(C)OC(=O)N1SOC[C@@H]1CCc1ccc(C(F)(F)F)cc1. The van der Waals surface area contributed by atoms with Crippen LogP contribution in [0.25, 0.3) is 0 Å². The average Bonchev–Trinajstić information content (AvgIpc) is 2.91. The molecule has 8 heteroatoms. The lowest BCUT2D eigenvalue weighted by Crippen LogP contribution is -2.37. The molecule has 1 aromatic rings. The Kier molecular flexibility index (Phi) is 5.70. The predicted octanol–water partition coefficient (Wildman–Crippen LogP) is 4.84. The Labute approximate surface area is 143 Å². The first kappa shape index (κ1) is 18.9. The van der Waals surface area contributed by atoms with Crippen LogP contribution in [0.3, 0.4) is 0 Å². The molecule has 1 aliphatic heterocycles. The number of hydrogen-bond acceptors (Lipinski definition) is 4. The third-order valence-electron chi connectivity index (χ3n) is 3.35. The van der Waals surface area contributed by atoms with E-state index in [0.717, 1.165) is 29.9 Å². The van der Waals surface area contributed by atoms with Gasteiger partial charge in [0.05, 0.1) is 18.2 Å². The number of carbonyl (C=O) groups excluding carboxylic acids is 1. The Morgan fingerprint density at radius 2 is 1.92 bits per heavy atom. The van der Waals surface area contributed by atoms with Gasteiger partial charge in [0.1, 0.15) is 17.8 Å². The Morgan fingerprint density at radius 1 is 1.29 bits per heavy atom. The zero-order valence-corrected chi connectivity index (χ0v) is 14.5. The van der Waals surface area contributed by atoms with Crippen LogP contribution in [-0.4, -0.2) is 28.6 Å². The quantitative estimate of drug-likeness (QED) is 0.569. The molecule has 4 nitrogen and oxygen atoms in total. The molecule has 24 heavy (non-hydrogen) atoms. The molecule has 0 aliphatic carbocycles. The molecule has 1 aliphatic rings. The number of benzene rings is 1. The summed E-state index contributed by atoms with van der Waals surface area (Å²) in [5.74, 6) is 0. The highest BCUT2D eigenvalue weighted by molar-refractivity contribution is 7.93. The lowest BCUT2D eigenvalue weighted by Gasteiger charge is -2.25. The highest BCUT2D eigenvalue weighted by Gasteiger charge is 2.34. The third kappa shape index (κ3) is 5.31. The molecule has 0 aromatic heterocycles. The maximum atomic E-state index is 12.5. The van der Waals surface area contributed by atoms with Crippen molar-refractivity contribution in [3.05, 3.63) is 35.4 Å². The van der Waals surface area contributed by atoms with E-state index in [2.05, 4.69) is 0 Å². The fraction of sp³-hybridized carbons (Fsp3) is 0.562. The molecule has 0 N–H and O–H groups in total. The van der Waals surface area contributed by atoms with Crippen molar-refractivity contribution in [1.82, 2.24) is 4.31 Å². The van der Waals surface area contributed by atoms with E-state index < -0.39 is 23.4 Å². The van der Waals surface area contributed by atoms with Crippen molar-refractivity contribution < 1.29 is 26.9 Å². The maximum absolute atomic E-state index is 12.5. The predicted molar refractivity (Wildman–Crippen MR) is 85.2 cm³/mol. The first-order valence-electron chi connectivity index (χ1n) is 7.54. The first-order valence-corrected chi connectivity index (χ1v) is 8.24. The Balaban J connectivity index is 1.92. The van der Waals surface area contributed by atoms with Crippen LogP contribution in [0.15, 0.2) is 24.3 Å². The van der Waals surface area contributed by atoms with Gasteiger partial charge in [0, 0.05) is 0 Å². The molecule has 1 heterocycles. The molecule has 0 radical (unpaired) electrons. The lowest BCUT2D eigenvalue weighted by molar-refractivity contribution is -0.137. The van der Waals surface area contributed by atoms with Crippen LogP contribution in [0.5, 0.6) is 0 Å². The van der Waals surface area contributed by atoms with Gasteiger partial charge >= 0.3 is 12.3 Å². The molecule has 1 amide bonds. The molecule has 2 rings (SSSR count). The van der Waals surface area contributed by atoms with Crippen LogP contribution in [0.2, 0.25) is 0 Å². The number of aryl methyl sites for hydroxylation is 1. The second-order valence-electron chi connectivity index (χ2n) is 6.55. The first-order chi connectivity index (χ1) is 11.1. The van der Waals surface area contributed by atoms with Gasteiger partial charge < -0.3 is 4.74 Å². The largest absolute Gasteiger partial charge is 0.443 e. The zero-order valence-electron chi connectivity index (χ0n) is 13.7. The van der Waals surface area contributed by atoms with Crippen molar-refractivity contribution in [2.45, 2.75) is 51.4 Å². The number of alkyl halides is 3. The highest BCUT2D eigenvalue weighted by Crippen LogP contribution is 2.31. The van der Waals surface area contributed by atoms with Crippen molar-refractivity contribution in [3.8, 4) is 0 Å². The summed E-state index contributed by atoms with van der Waals surface area (Å²) < 4.78 is 49.7. The van der Waals surface area contributed by atoms with E-state index in [1.54, 1.807) is 20.8 Å². The number of halogens is 3. The van der Waals surface area contributed by atoms with Gasteiger partial charge in [-0.2, -0.15) is 13.2 Å². The van der Waals surface area contributed by atoms with Gasteiger partial charge in [0.15, 0.2) is 0 Å². The fourth-order valence-corrected chi connectivity index (χ4v) is 2.89. The van der Waals surface area contributed by atoms with Crippen LogP contribution in [-0.2, 0) is 21.5 Å². The molecule has 1 atom stereocenters. The zero-order chi connectivity index (χ0) is 18.0. The second kappa shape index (κ2) is 7.23. The molecule has 1 fully saturated rings. The monoisotopic (exact) mass is 363 g/mol. The highest BCUT2D eigenvalue weighted by atomic mass is 32.2. The van der Waals surface area contributed by atoms with Crippen molar-refractivity contribution in [1.29, 1.82) is 0 Å². The topological polar surface area (TPSA) is 38.8 Å².